The Bertz CT molecular complexity index is 366. The molecule has 0 fully saturated rings. The van der Waals surface area contributed by atoms with Gasteiger partial charge >= 0.3 is 5.97 Å². The van der Waals surface area contributed by atoms with Crippen LogP contribution in [0, 0.1) is 0 Å². The summed E-state index contributed by atoms with van der Waals surface area (Å²) in [4.78, 5) is 11.4. The number of rotatable bonds is 8. The molecule has 2 N–H and O–H groups in total. The number of esters is 1. The first-order chi connectivity index (χ1) is 8.72. The Balaban J connectivity index is 2.13. The molecule has 0 unspecified atom stereocenters. The number of anilines is 1. The third kappa shape index (κ3) is 6.25. The molecule has 100 valence electrons. The summed E-state index contributed by atoms with van der Waals surface area (Å²) in [5.74, 6) is -0.197. The topological polar surface area (TPSA) is 61.5 Å². The maximum absolute atomic E-state index is 11.4. The van der Waals surface area contributed by atoms with E-state index < -0.39 is 0 Å². The van der Waals surface area contributed by atoms with Crippen molar-refractivity contribution >= 4 is 11.7 Å². The van der Waals surface area contributed by atoms with Crippen LogP contribution in [0.2, 0.25) is 0 Å². The molecule has 1 aromatic rings. The Morgan fingerprint density at radius 3 is 2.83 bits per heavy atom. The summed E-state index contributed by atoms with van der Waals surface area (Å²) >= 11 is 0. The van der Waals surface area contributed by atoms with Crippen LogP contribution in [0.1, 0.15) is 25.3 Å². The van der Waals surface area contributed by atoms with Gasteiger partial charge in [0.2, 0.25) is 0 Å². The SMILES string of the molecule is CCCOCCOC(=O)CCc1cccc(N)c1. The molecule has 18 heavy (non-hydrogen) atoms. The molecular formula is C14H21NO3. The van der Waals surface area contributed by atoms with E-state index >= 15 is 0 Å². The average Bonchev–Trinajstić information content (AvgIpc) is 2.36. The lowest BCUT2D eigenvalue weighted by Gasteiger charge is -2.06. The van der Waals surface area contributed by atoms with Gasteiger partial charge in [0.25, 0.3) is 0 Å². The number of carbonyl (C=O) groups is 1. The molecule has 0 saturated carbocycles. The lowest BCUT2D eigenvalue weighted by atomic mass is 10.1. The molecule has 0 atom stereocenters. The van der Waals surface area contributed by atoms with Crippen LogP contribution in [0.5, 0.6) is 0 Å². The van der Waals surface area contributed by atoms with Crippen molar-refractivity contribution < 1.29 is 14.3 Å². The molecular weight excluding hydrogens is 230 g/mol. The van der Waals surface area contributed by atoms with Crippen molar-refractivity contribution in [1.29, 1.82) is 0 Å². The van der Waals surface area contributed by atoms with E-state index in [9.17, 15) is 4.79 Å². The first kappa shape index (κ1) is 14.5. The number of ether oxygens (including phenoxy) is 2. The number of carbonyl (C=O) groups excluding carboxylic acids is 1. The predicted molar refractivity (Wildman–Crippen MR) is 71.2 cm³/mol. The molecule has 0 bridgehead atoms. The standard InChI is InChI=1S/C14H21NO3/c1-2-8-17-9-10-18-14(16)7-6-12-4-3-5-13(15)11-12/h3-5,11H,2,6-10,15H2,1H3. The van der Waals surface area contributed by atoms with Crippen LogP contribution in [0.25, 0.3) is 0 Å². The number of hydrogen-bond donors (Lipinski definition) is 1. The van der Waals surface area contributed by atoms with Crippen molar-refractivity contribution in [2.45, 2.75) is 26.2 Å². The van der Waals surface area contributed by atoms with Gasteiger partial charge in [-0.2, -0.15) is 0 Å². The van der Waals surface area contributed by atoms with Gasteiger partial charge in [-0.25, -0.2) is 0 Å². The van der Waals surface area contributed by atoms with Crippen LogP contribution in [-0.4, -0.2) is 25.8 Å². The fraction of sp³-hybridized carbons (Fsp3) is 0.500. The van der Waals surface area contributed by atoms with Gasteiger partial charge in [-0.1, -0.05) is 19.1 Å². The van der Waals surface area contributed by atoms with E-state index in [4.69, 9.17) is 15.2 Å². The van der Waals surface area contributed by atoms with Gasteiger partial charge in [0.05, 0.1) is 6.61 Å². The first-order valence-corrected chi connectivity index (χ1v) is 6.30. The normalized spacial score (nSPS) is 10.3. The number of benzene rings is 1. The van der Waals surface area contributed by atoms with Gasteiger partial charge in [0, 0.05) is 18.7 Å². The molecule has 1 aromatic carbocycles. The summed E-state index contributed by atoms with van der Waals surface area (Å²) in [6.07, 6.45) is 2.00. The van der Waals surface area contributed by atoms with E-state index in [1.807, 2.05) is 31.2 Å². The summed E-state index contributed by atoms with van der Waals surface area (Å²) in [7, 11) is 0. The van der Waals surface area contributed by atoms with E-state index in [1.54, 1.807) is 0 Å². The van der Waals surface area contributed by atoms with Gasteiger partial charge < -0.3 is 15.2 Å². The Morgan fingerprint density at radius 2 is 2.11 bits per heavy atom. The first-order valence-electron chi connectivity index (χ1n) is 6.30. The average molecular weight is 251 g/mol. The van der Waals surface area contributed by atoms with Gasteiger partial charge in [-0.05, 0) is 30.5 Å². The van der Waals surface area contributed by atoms with Crippen LogP contribution in [0.4, 0.5) is 5.69 Å². The van der Waals surface area contributed by atoms with E-state index in [-0.39, 0.29) is 5.97 Å². The summed E-state index contributed by atoms with van der Waals surface area (Å²) < 4.78 is 10.3. The van der Waals surface area contributed by atoms with E-state index in [0.29, 0.717) is 38.3 Å². The molecule has 0 aliphatic heterocycles. The minimum Gasteiger partial charge on any atom is -0.463 e. The molecule has 0 radical (unpaired) electrons. The van der Waals surface area contributed by atoms with Crippen LogP contribution in [0.15, 0.2) is 24.3 Å². The Kier molecular flexibility index (Phi) is 6.87. The number of hydrogen-bond acceptors (Lipinski definition) is 4. The minimum absolute atomic E-state index is 0.197. The summed E-state index contributed by atoms with van der Waals surface area (Å²) in [5, 5.41) is 0. The third-order valence-electron chi connectivity index (χ3n) is 2.41. The Labute approximate surface area is 108 Å². The summed E-state index contributed by atoms with van der Waals surface area (Å²) in [6, 6.07) is 7.53. The third-order valence-corrected chi connectivity index (χ3v) is 2.41. The minimum atomic E-state index is -0.197. The molecule has 0 aromatic heterocycles. The van der Waals surface area contributed by atoms with Gasteiger partial charge in [0.1, 0.15) is 6.61 Å². The largest absolute Gasteiger partial charge is 0.463 e. The van der Waals surface area contributed by atoms with Gasteiger partial charge in [-0.3, -0.25) is 4.79 Å². The number of aryl methyl sites for hydroxylation is 1. The van der Waals surface area contributed by atoms with Crippen LogP contribution >= 0.6 is 0 Å². The molecule has 0 aliphatic rings. The fourth-order valence-corrected chi connectivity index (χ4v) is 1.53. The van der Waals surface area contributed by atoms with E-state index in [2.05, 4.69) is 0 Å². The fourth-order valence-electron chi connectivity index (χ4n) is 1.53. The monoisotopic (exact) mass is 251 g/mol. The maximum atomic E-state index is 11.4. The van der Waals surface area contributed by atoms with Gasteiger partial charge in [-0.15, -0.1) is 0 Å². The second-order valence-corrected chi connectivity index (χ2v) is 4.08. The quantitative estimate of drug-likeness (QED) is 0.437. The van der Waals surface area contributed by atoms with Crippen molar-refractivity contribution in [1.82, 2.24) is 0 Å². The smallest absolute Gasteiger partial charge is 0.306 e. The number of nitrogen functional groups attached to an aromatic ring is 1. The van der Waals surface area contributed by atoms with Gasteiger partial charge in [0.15, 0.2) is 0 Å². The molecule has 0 amide bonds. The van der Waals surface area contributed by atoms with Crippen molar-refractivity contribution in [2.75, 3.05) is 25.6 Å². The van der Waals surface area contributed by atoms with E-state index in [0.717, 1.165) is 12.0 Å². The molecule has 4 heteroatoms. The van der Waals surface area contributed by atoms with Crippen LogP contribution < -0.4 is 5.73 Å². The van der Waals surface area contributed by atoms with Crippen molar-refractivity contribution in [3.63, 3.8) is 0 Å². The van der Waals surface area contributed by atoms with Crippen LogP contribution in [-0.2, 0) is 20.7 Å². The molecule has 4 nitrogen and oxygen atoms in total. The zero-order chi connectivity index (χ0) is 13.2. The molecule has 0 saturated heterocycles. The summed E-state index contributed by atoms with van der Waals surface area (Å²) in [5.41, 5.74) is 7.43. The highest BCUT2D eigenvalue weighted by Gasteiger charge is 2.03. The molecule has 1 rings (SSSR count). The Morgan fingerprint density at radius 1 is 1.28 bits per heavy atom. The lowest BCUT2D eigenvalue weighted by molar-refractivity contribution is -0.145. The number of nitrogens with two attached hydrogens (primary N) is 1. The summed E-state index contributed by atoms with van der Waals surface area (Å²) in [6.45, 7) is 3.55. The van der Waals surface area contributed by atoms with Crippen LogP contribution in [0.3, 0.4) is 0 Å². The van der Waals surface area contributed by atoms with Crippen molar-refractivity contribution in [3.8, 4) is 0 Å². The molecule has 0 heterocycles. The second-order valence-electron chi connectivity index (χ2n) is 4.08. The highest BCUT2D eigenvalue weighted by molar-refractivity contribution is 5.69. The lowest BCUT2D eigenvalue weighted by Crippen LogP contribution is -2.11. The zero-order valence-electron chi connectivity index (χ0n) is 10.9. The van der Waals surface area contributed by atoms with Crippen molar-refractivity contribution in [3.05, 3.63) is 29.8 Å². The molecule has 0 aliphatic carbocycles. The molecule has 0 spiro atoms. The second kappa shape index (κ2) is 8.53. The highest BCUT2D eigenvalue weighted by atomic mass is 16.6. The van der Waals surface area contributed by atoms with E-state index in [1.165, 1.54) is 0 Å². The Hall–Kier alpha value is -1.55. The predicted octanol–water partition coefficient (Wildman–Crippen LogP) is 2.17. The zero-order valence-corrected chi connectivity index (χ0v) is 10.9. The maximum Gasteiger partial charge on any atom is 0.306 e. The van der Waals surface area contributed by atoms with Crippen molar-refractivity contribution in [2.24, 2.45) is 0 Å². The highest BCUT2D eigenvalue weighted by Crippen LogP contribution is 2.09.